The molecule has 2 aromatic heterocycles. The van der Waals surface area contributed by atoms with E-state index in [0.717, 1.165) is 18.7 Å². The highest BCUT2D eigenvalue weighted by atomic mass is 35.5. The fourth-order valence-electron chi connectivity index (χ4n) is 1.79. The Balaban J connectivity index is 2.03. The zero-order valence-electron chi connectivity index (χ0n) is 12.1. The fraction of sp³-hybridized carbons (Fsp3) is 0.357. The van der Waals surface area contributed by atoms with E-state index in [1.165, 1.54) is 6.20 Å². The van der Waals surface area contributed by atoms with Crippen LogP contribution in [0.2, 0.25) is 5.02 Å². The van der Waals surface area contributed by atoms with Gasteiger partial charge < -0.3 is 10.6 Å². The number of carbonyl (C=O) groups excluding carboxylic acids is 1. The molecule has 0 bridgehead atoms. The van der Waals surface area contributed by atoms with Gasteiger partial charge in [-0.1, -0.05) is 18.5 Å². The molecule has 0 aliphatic heterocycles. The Morgan fingerprint density at radius 3 is 2.95 bits per heavy atom. The lowest BCUT2D eigenvalue weighted by Crippen LogP contribution is -2.23. The van der Waals surface area contributed by atoms with E-state index in [2.05, 4.69) is 27.6 Å². The van der Waals surface area contributed by atoms with Crippen molar-refractivity contribution in [2.75, 3.05) is 11.9 Å². The first-order valence-corrected chi connectivity index (χ1v) is 7.14. The molecule has 0 atom stereocenters. The SMILES string of the molecule is CCCNc1cc(C(=O)NCc2ccn(C)n2)c(Cl)cn1. The van der Waals surface area contributed by atoms with Gasteiger partial charge in [-0.2, -0.15) is 5.10 Å². The quantitative estimate of drug-likeness (QED) is 0.858. The first-order chi connectivity index (χ1) is 10.1. The van der Waals surface area contributed by atoms with Crippen molar-refractivity contribution in [2.45, 2.75) is 19.9 Å². The maximum atomic E-state index is 12.2. The van der Waals surface area contributed by atoms with Gasteiger partial charge in [-0.3, -0.25) is 9.48 Å². The molecule has 0 aliphatic carbocycles. The third-order valence-electron chi connectivity index (χ3n) is 2.85. The van der Waals surface area contributed by atoms with E-state index in [1.54, 1.807) is 10.7 Å². The lowest BCUT2D eigenvalue weighted by Gasteiger charge is -2.08. The molecular formula is C14H18ClN5O. The number of aryl methyl sites for hydroxylation is 1. The second kappa shape index (κ2) is 7.08. The first-order valence-electron chi connectivity index (χ1n) is 6.76. The summed E-state index contributed by atoms with van der Waals surface area (Å²) in [6.07, 6.45) is 4.29. The number of carbonyl (C=O) groups is 1. The van der Waals surface area contributed by atoms with Crippen molar-refractivity contribution in [3.05, 3.63) is 40.8 Å². The molecule has 2 rings (SSSR count). The van der Waals surface area contributed by atoms with Gasteiger partial charge in [0.15, 0.2) is 0 Å². The number of nitrogens with one attached hydrogen (secondary N) is 2. The molecule has 112 valence electrons. The van der Waals surface area contributed by atoms with Gasteiger partial charge in [-0.15, -0.1) is 0 Å². The van der Waals surface area contributed by atoms with E-state index < -0.39 is 0 Å². The third-order valence-corrected chi connectivity index (χ3v) is 3.16. The molecule has 0 saturated heterocycles. The zero-order valence-corrected chi connectivity index (χ0v) is 12.8. The summed E-state index contributed by atoms with van der Waals surface area (Å²) in [5, 5.41) is 10.5. The van der Waals surface area contributed by atoms with Crippen LogP contribution in [0.5, 0.6) is 0 Å². The Morgan fingerprint density at radius 1 is 1.48 bits per heavy atom. The number of hydrogen-bond acceptors (Lipinski definition) is 4. The van der Waals surface area contributed by atoms with E-state index in [1.807, 2.05) is 19.3 Å². The van der Waals surface area contributed by atoms with Gasteiger partial charge in [-0.05, 0) is 18.6 Å². The normalized spacial score (nSPS) is 10.4. The monoisotopic (exact) mass is 307 g/mol. The molecule has 2 heterocycles. The van der Waals surface area contributed by atoms with Gasteiger partial charge in [-0.25, -0.2) is 4.98 Å². The minimum Gasteiger partial charge on any atom is -0.370 e. The number of anilines is 1. The van der Waals surface area contributed by atoms with Gasteiger partial charge in [0.1, 0.15) is 5.82 Å². The number of rotatable bonds is 6. The molecule has 21 heavy (non-hydrogen) atoms. The van der Waals surface area contributed by atoms with Crippen molar-refractivity contribution in [1.29, 1.82) is 0 Å². The summed E-state index contributed by atoms with van der Waals surface area (Å²) in [6.45, 7) is 3.21. The summed E-state index contributed by atoms with van der Waals surface area (Å²) >= 11 is 6.04. The topological polar surface area (TPSA) is 71.8 Å². The Kier molecular flexibility index (Phi) is 5.16. The molecule has 7 heteroatoms. The van der Waals surface area contributed by atoms with Crippen LogP contribution in [-0.2, 0) is 13.6 Å². The lowest BCUT2D eigenvalue weighted by molar-refractivity contribution is 0.0950. The molecule has 2 N–H and O–H groups in total. The van der Waals surface area contributed by atoms with Crippen LogP contribution in [-0.4, -0.2) is 27.2 Å². The Bertz CT molecular complexity index is 626. The standard InChI is InChI=1S/C14H18ClN5O/c1-3-5-16-13-7-11(12(15)9-17-13)14(21)18-8-10-4-6-20(2)19-10/h4,6-7,9H,3,5,8H2,1-2H3,(H,16,17)(H,18,21). The Labute approximate surface area is 128 Å². The van der Waals surface area contributed by atoms with Gasteiger partial charge >= 0.3 is 0 Å². The number of hydrogen-bond donors (Lipinski definition) is 2. The van der Waals surface area contributed by atoms with Crippen LogP contribution in [0.25, 0.3) is 0 Å². The lowest BCUT2D eigenvalue weighted by atomic mass is 10.2. The minimum atomic E-state index is -0.243. The predicted octanol–water partition coefficient (Wildman–Crippen LogP) is 2.22. The molecule has 2 aromatic rings. The van der Waals surface area contributed by atoms with Crippen molar-refractivity contribution in [2.24, 2.45) is 7.05 Å². The van der Waals surface area contributed by atoms with Crippen LogP contribution >= 0.6 is 11.6 Å². The molecule has 0 aromatic carbocycles. The highest BCUT2D eigenvalue weighted by molar-refractivity contribution is 6.33. The highest BCUT2D eigenvalue weighted by Crippen LogP contribution is 2.18. The highest BCUT2D eigenvalue weighted by Gasteiger charge is 2.12. The molecule has 0 saturated carbocycles. The van der Waals surface area contributed by atoms with Gasteiger partial charge in [0.05, 0.1) is 22.8 Å². The maximum absolute atomic E-state index is 12.2. The zero-order chi connectivity index (χ0) is 15.2. The number of aromatic nitrogens is 3. The third kappa shape index (κ3) is 4.19. The van der Waals surface area contributed by atoms with Gasteiger partial charge in [0, 0.05) is 26.0 Å². The summed E-state index contributed by atoms with van der Waals surface area (Å²) < 4.78 is 1.69. The summed E-state index contributed by atoms with van der Waals surface area (Å²) in [5.41, 5.74) is 1.20. The second-order valence-electron chi connectivity index (χ2n) is 4.64. The van der Waals surface area contributed by atoms with E-state index >= 15 is 0 Å². The summed E-state index contributed by atoms with van der Waals surface area (Å²) in [4.78, 5) is 16.3. The van der Waals surface area contributed by atoms with E-state index in [9.17, 15) is 4.79 Å². The van der Waals surface area contributed by atoms with Crippen LogP contribution in [0.15, 0.2) is 24.5 Å². The summed E-state index contributed by atoms with van der Waals surface area (Å²) in [6, 6.07) is 3.51. The molecule has 0 spiro atoms. The summed E-state index contributed by atoms with van der Waals surface area (Å²) in [7, 11) is 1.83. The number of halogens is 1. The predicted molar refractivity (Wildman–Crippen MR) is 82.4 cm³/mol. The number of amides is 1. The van der Waals surface area contributed by atoms with Crippen molar-refractivity contribution >= 4 is 23.3 Å². The smallest absolute Gasteiger partial charge is 0.253 e. The molecule has 1 amide bonds. The van der Waals surface area contributed by atoms with Crippen molar-refractivity contribution in [3.63, 3.8) is 0 Å². The molecular weight excluding hydrogens is 290 g/mol. The molecule has 6 nitrogen and oxygen atoms in total. The number of pyridine rings is 1. The molecule has 0 fully saturated rings. The molecule has 0 unspecified atom stereocenters. The molecule has 0 aliphatic rings. The van der Waals surface area contributed by atoms with Crippen molar-refractivity contribution < 1.29 is 4.79 Å². The van der Waals surface area contributed by atoms with E-state index in [0.29, 0.717) is 22.9 Å². The van der Waals surface area contributed by atoms with Gasteiger partial charge in [0.25, 0.3) is 5.91 Å². The summed E-state index contributed by atoms with van der Waals surface area (Å²) in [5.74, 6) is 0.400. The van der Waals surface area contributed by atoms with Crippen LogP contribution in [0.4, 0.5) is 5.82 Å². The van der Waals surface area contributed by atoms with Crippen LogP contribution in [0, 0.1) is 0 Å². The second-order valence-corrected chi connectivity index (χ2v) is 5.05. The van der Waals surface area contributed by atoms with Crippen LogP contribution < -0.4 is 10.6 Å². The maximum Gasteiger partial charge on any atom is 0.253 e. The van der Waals surface area contributed by atoms with E-state index in [4.69, 9.17) is 11.6 Å². The Hall–Kier alpha value is -2.08. The fourth-order valence-corrected chi connectivity index (χ4v) is 1.98. The minimum absolute atomic E-state index is 0.243. The number of nitrogens with zero attached hydrogens (tertiary/aromatic N) is 3. The largest absolute Gasteiger partial charge is 0.370 e. The average molecular weight is 308 g/mol. The first kappa shape index (κ1) is 15.3. The van der Waals surface area contributed by atoms with Crippen LogP contribution in [0.1, 0.15) is 29.4 Å². The van der Waals surface area contributed by atoms with Gasteiger partial charge in [0.2, 0.25) is 0 Å². The van der Waals surface area contributed by atoms with E-state index in [-0.39, 0.29) is 5.91 Å². The van der Waals surface area contributed by atoms with Crippen LogP contribution in [0.3, 0.4) is 0 Å². The Morgan fingerprint density at radius 2 is 2.29 bits per heavy atom. The molecule has 0 radical (unpaired) electrons. The van der Waals surface area contributed by atoms with Crippen molar-refractivity contribution in [1.82, 2.24) is 20.1 Å². The average Bonchev–Trinajstić information content (AvgIpc) is 2.89. The van der Waals surface area contributed by atoms with Crippen molar-refractivity contribution in [3.8, 4) is 0 Å².